The lowest BCUT2D eigenvalue weighted by Gasteiger charge is -2.18. The van der Waals surface area contributed by atoms with E-state index in [1.165, 1.54) is 25.1 Å². The standard InChI is InChI=1S/C28H17F5N2O2/c1-16(36)17-4-2-5-18(10-17)19-6-3-7-20(11-19)26-13-24(28(31,32)33)23(14-34)27(37)35(26)15-21-8-9-22(29)12-25(21)30/h2-13H,15H2,1H3. The summed E-state index contributed by atoms with van der Waals surface area (Å²) >= 11 is 0. The third-order valence-electron chi connectivity index (χ3n) is 5.82. The molecule has 0 fully saturated rings. The van der Waals surface area contributed by atoms with Gasteiger partial charge in [0.2, 0.25) is 0 Å². The van der Waals surface area contributed by atoms with Crippen LogP contribution in [0.1, 0.15) is 34.0 Å². The summed E-state index contributed by atoms with van der Waals surface area (Å²) in [6.07, 6.45) is -5.01. The van der Waals surface area contributed by atoms with E-state index in [-0.39, 0.29) is 22.6 Å². The van der Waals surface area contributed by atoms with Gasteiger partial charge >= 0.3 is 6.18 Å². The molecule has 0 N–H and O–H groups in total. The van der Waals surface area contributed by atoms with E-state index < -0.39 is 41.0 Å². The van der Waals surface area contributed by atoms with Crippen LogP contribution in [0, 0.1) is 23.0 Å². The number of halogens is 5. The Balaban J connectivity index is 1.97. The van der Waals surface area contributed by atoms with Gasteiger partial charge in [-0.25, -0.2) is 8.78 Å². The molecule has 0 aliphatic heterocycles. The number of nitriles is 1. The fourth-order valence-electron chi connectivity index (χ4n) is 3.97. The zero-order valence-corrected chi connectivity index (χ0v) is 19.2. The number of Topliss-reactive ketones (excluding diaryl/α,β-unsaturated/α-hetero) is 1. The molecule has 0 bridgehead atoms. The fraction of sp³-hybridized carbons (Fsp3) is 0.107. The van der Waals surface area contributed by atoms with E-state index in [1.54, 1.807) is 36.4 Å². The molecule has 0 atom stereocenters. The van der Waals surface area contributed by atoms with Crippen molar-refractivity contribution in [3.05, 3.63) is 117 Å². The second-order valence-electron chi connectivity index (χ2n) is 8.27. The van der Waals surface area contributed by atoms with Crippen LogP contribution in [-0.4, -0.2) is 10.4 Å². The Morgan fingerprint density at radius 3 is 2.19 bits per heavy atom. The molecule has 0 saturated heterocycles. The predicted molar refractivity (Wildman–Crippen MR) is 127 cm³/mol. The van der Waals surface area contributed by atoms with Crippen LogP contribution < -0.4 is 5.56 Å². The number of alkyl halides is 3. The van der Waals surface area contributed by atoms with Gasteiger partial charge in [-0.3, -0.25) is 9.59 Å². The van der Waals surface area contributed by atoms with Gasteiger partial charge in [-0.2, -0.15) is 18.4 Å². The summed E-state index contributed by atoms with van der Waals surface area (Å²) in [5.74, 6) is -2.03. The van der Waals surface area contributed by atoms with Crippen molar-refractivity contribution >= 4 is 5.78 Å². The van der Waals surface area contributed by atoms with E-state index in [0.717, 1.165) is 16.7 Å². The fourth-order valence-corrected chi connectivity index (χ4v) is 3.97. The maximum absolute atomic E-state index is 14.4. The first-order chi connectivity index (χ1) is 17.5. The van der Waals surface area contributed by atoms with Crippen LogP contribution in [0.2, 0.25) is 0 Å². The highest BCUT2D eigenvalue weighted by Crippen LogP contribution is 2.35. The minimum absolute atomic E-state index is 0.154. The van der Waals surface area contributed by atoms with Crippen LogP contribution in [0.25, 0.3) is 22.4 Å². The molecule has 4 aromatic rings. The van der Waals surface area contributed by atoms with Crippen molar-refractivity contribution in [3.8, 4) is 28.5 Å². The second-order valence-corrected chi connectivity index (χ2v) is 8.27. The molecule has 1 heterocycles. The summed E-state index contributed by atoms with van der Waals surface area (Å²) in [5.41, 5.74) is -2.42. The minimum atomic E-state index is -5.01. The SMILES string of the molecule is CC(=O)c1cccc(-c2cccc(-c3cc(C(F)(F)F)c(C#N)c(=O)n3Cc3ccc(F)cc3F)c2)c1. The number of hydrogen-bond donors (Lipinski definition) is 0. The van der Waals surface area contributed by atoms with E-state index in [1.807, 2.05) is 0 Å². The van der Waals surface area contributed by atoms with Gasteiger partial charge in [0.1, 0.15) is 23.3 Å². The molecule has 37 heavy (non-hydrogen) atoms. The van der Waals surface area contributed by atoms with Gasteiger partial charge in [0, 0.05) is 17.2 Å². The highest BCUT2D eigenvalue weighted by molar-refractivity contribution is 5.95. The minimum Gasteiger partial charge on any atom is -0.303 e. The smallest absolute Gasteiger partial charge is 0.303 e. The summed E-state index contributed by atoms with van der Waals surface area (Å²) in [7, 11) is 0. The molecular formula is C28H17F5N2O2. The monoisotopic (exact) mass is 508 g/mol. The Morgan fingerprint density at radius 1 is 0.919 bits per heavy atom. The third kappa shape index (κ3) is 5.19. The van der Waals surface area contributed by atoms with Crippen LogP contribution in [0.4, 0.5) is 22.0 Å². The highest BCUT2D eigenvalue weighted by Gasteiger charge is 2.36. The molecule has 0 aliphatic carbocycles. The molecule has 186 valence electrons. The van der Waals surface area contributed by atoms with Crippen LogP contribution in [0.15, 0.2) is 77.6 Å². The van der Waals surface area contributed by atoms with Crippen molar-refractivity contribution in [3.63, 3.8) is 0 Å². The van der Waals surface area contributed by atoms with Crippen molar-refractivity contribution in [1.29, 1.82) is 5.26 Å². The Labute approximate surface area is 207 Å². The van der Waals surface area contributed by atoms with Crippen LogP contribution in [-0.2, 0) is 12.7 Å². The molecule has 4 nitrogen and oxygen atoms in total. The zero-order chi connectivity index (χ0) is 26.9. The van der Waals surface area contributed by atoms with E-state index in [2.05, 4.69) is 0 Å². The molecule has 9 heteroatoms. The van der Waals surface area contributed by atoms with Crippen molar-refractivity contribution in [2.75, 3.05) is 0 Å². The van der Waals surface area contributed by atoms with Gasteiger partial charge in [0.15, 0.2) is 5.78 Å². The van der Waals surface area contributed by atoms with Crippen LogP contribution in [0.3, 0.4) is 0 Å². The molecule has 0 aliphatic rings. The normalized spacial score (nSPS) is 11.3. The maximum Gasteiger partial charge on any atom is 0.417 e. The van der Waals surface area contributed by atoms with Crippen LogP contribution in [0.5, 0.6) is 0 Å². The number of benzene rings is 3. The molecule has 0 spiro atoms. The first-order valence-corrected chi connectivity index (χ1v) is 10.9. The average molecular weight is 508 g/mol. The number of carbonyl (C=O) groups excluding carboxylic acids is 1. The van der Waals surface area contributed by atoms with Gasteiger partial charge in [0.05, 0.1) is 17.8 Å². The molecule has 0 amide bonds. The van der Waals surface area contributed by atoms with E-state index in [0.29, 0.717) is 28.8 Å². The summed E-state index contributed by atoms with van der Waals surface area (Å²) in [6, 6.07) is 17.5. The number of ketones is 1. The van der Waals surface area contributed by atoms with Crippen molar-refractivity contribution in [2.45, 2.75) is 19.6 Å². The van der Waals surface area contributed by atoms with Gasteiger partial charge in [-0.15, -0.1) is 0 Å². The Hall–Kier alpha value is -4.58. The Kier molecular flexibility index (Phi) is 6.77. The predicted octanol–water partition coefficient (Wildman–Crippen LogP) is 6.60. The summed E-state index contributed by atoms with van der Waals surface area (Å²) in [4.78, 5) is 24.9. The topological polar surface area (TPSA) is 62.9 Å². The zero-order valence-electron chi connectivity index (χ0n) is 19.2. The molecule has 1 aromatic heterocycles. The van der Waals surface area contributed by atoms with Gasteiger partial charge < -0.3 is 4.57 Å². The number of aromatic nitrogens is 1. The third-order valence-corrected chi connectivity index (χ3v) is 5.82. The maximum atomic E-state index is 14.4. The number of pyridine rings is 1. The number of carbonyl (C=O) groups is 1. The van der Waals surface area contributed by atoms with Crippen LogP contribution >= 0.6 is 0 Å². The van der Waals surface area contributed by atoms with E-state index >= 15 is 0 Å². The highest BCUT2D eigenvalue weighted by atomic mass is 19.4. The van der Waals surface area contributed by atoms with Gasteiger partial charge in [-0.05, 0) is 47.9 Å². The molecule has 0 unspecified atom stereocenters. The van der Waals surface area contributed by atoms with E-state index in [9.17, 15) is 36.8 Å². The number of nitrogens with zero attached hydrogens (tertiary/aromatic N) is 2. The summed E-state index contributed by atoms with van der Waals surface area (Å²) in [5, 5.41) is 9.35. The van der Waals surface area contributed by atoms with Gasteiger partial charge in [0.25, 0.3) is 5.56 Å². The molecule has 0 radical (unpaired) electrons. The molecular weight excluding hydrogens is 491 g/mol. The second kappa shape index (κ2) is 9.82. The largest absolute Gasteiger partial charge is 0.417 e. The van der Waals surface area contributed by atoms with Gasteiger partial charge in [-0.1, -0.05) is 42.5 Å². The van der Waals surface area contributed by atoms with E-state index in [4.69, 9.17) is 0 Å². The Morgan fingerprint density at radius 2 is 1.57 bits per heavy atom. The lowest BCUT2D eigenvalue weighted by Crippen LogP contribution is -2.29. The number of rotatable bonds is 5. The molecule has 4 rings (SSSR count). The van der Waals surface area contributed by atoms with Crippen molar-refractivity contribution < 1.29 is 26.7 Å². The lowest BCUT2D eigenvalue weighted by molar-refractivity contribution is -0.137. The first-order valence-electron chi connectivity index (χ1n) is 10.9. The Bertz CT molecular complexity index is 1630. The quantitative estimate of drug-likeness (QED) is 0.225. The summed E-state index contributed by atoms with van der Waals surface area (Å²) in [6.45, 7) is 0.857. The lowest BCUT2D eigenvalue weighted by atomic mass is 9.97. The average Bonchev–Trinajstić information content (AvgIpc) is 2.85. The molecule has 0 saturated carbocycles. The summed E-state index contributed by atoms with van der Waals surface area (Å²) < 4.78 is 70.1. The molecule has 3 aromatic carbocycles. The van der Waals surface area contributed by atoms with Crippen molar-refractivity contribution in [2.24, 2.45) is 0 Å². The van der Waals surface area contributed by atoms with Crippen molar-refractivity contribution in [1.82, 2.24) is 4.57 Å². The number of hydrogen-bond acceptors (Lipinski definition) is 3. The first kappa shape index (κ1) is 25.5.